The summed E-state index contributed by atoms with van der Waals surface area (Å²) >= 11 is 0. The van der Waals surface area contributed by atoms with Gasteiger partial charge in [0.25, 0.3) is 0 Å². The maximum Gasteiger partial charge on any atom is 0.155 e. The minimum Gasteiger partial charge on any atom is -0.512 e. The quantitative estimate of drug-likeness (QED) is 0.609. The number of benzene rings is 1. The van der Waals surface area contributed by atoms with E-state index in [2.05, 4.69) is 19.1 Å². The first-order chi connectivity index (χ1) is 6.52. The summed E-state index contributed by atoms with van der Waals surface area (Å²) in [5, 5.41) is 8.36. The molecule has 0 radical (unpaired) electrons. The monoisotopic (exact) mass is 244 g/mol. The smallest absolute Gasteiger partial charge is 0.155 e. The molecule has 0 amide bonds. The van der Waals surface area contributed by atoms with Crippen LogP contribution in [0.5, 0.6) is 0 Å². The van der Waals surface area contributed by atoms with Crippen LogP contribution in [0.25, 0.3) is 0 Å². The minimum absolute atomic E-state index is 0. The van der Waals surface area contributed by atoms with E-state index >= 15 is 0 Å². The van der Waals surface area contributed by atoms with Crippen LogP contribution < -0.4 is 0 Å². The van der Waals surface area contributed by atoms with Crippen LogP contribution in [0.2, 0.25) is 0 Å². The molecule has 0 saturated heterocycles. The number of allylic oxidation sites excluding steroid dienone is 2. The molecule has 0 saturated carbocycles. The molecule has 15 heavy (non-hydrogen) atoms. The van der Waals surface area contributed by atoms with Crippen LogP contribution in [0.1, 0.15) is 19.4 Å². The van der Waals surface area contributed by atoms with Gasteiger partial charge in [-0.25, -0.2) is 0 Å². The van der Waals surface area contributed by atoms with E-state index in [0.29, 0.717) is 0 Å². The Bertz CT molecular complexity index is 301. The first-order valence-electron chi connectivity index (χ1n) is 4.42. The fourth-order valence-corrected chi connectivity index (χ4v) is 0.829. The second kappa shape index (κ2) is 9.51. The molecule has 1 N–H and O–H groups in total. The largest absolute Gasteiger partial charge is 0.512 e. The van der Waals surface area contributed by atoms with Crippen molar-refractivity contribution in [2.75, 3.05) is 0 Å². The second-order valence-corrected chi connectivity index (χ2v) is 3.05. The molecule has 0 aliphatic heterocycles. The summed E-state index contributed by atoms with van der Waals surface area (Å²) in [6, 6.07) is 10.3. The Kier molecular flexibility index (Phi) is 10.4. The van der Waals surface area contributed by atoms with Crippen LogP contribution in [-0.4, -0.2) is 10.9 Å². The molecular formula is C12H16CrO2. The molecule has 1 rings (SSSR count). The van der Waals surface area contributed by atoms with Crippen LogP contribution in [0.3, 0.4) is 0 Å². The zero-order valence-electron chi connectivity index (χ0n) is 9.23. The van der Waals surface area contributed by atoms with Gasteiger partial charge < -0.3 is 5.11 Å². The maximum atomic E-state index is 10.0. The molecule has 0 spiro atoms. The number of ketones is 1. The zero-order chi connectivity index (χ0) is 11.0. The summed E-state index contributed by atoms with van der Waals surface area (Å²) in [4.78, 5) is 10.0. The van der Waals surface area contributed by atoms with Crippen molar-refractivity contribution < 1.29 is 27.3 Å². The molecule has 0 aliphatic rings. The summed E-state index contributed by atoms with van der Waals surface area (Å²) in [5.41, 5.74) is 1.32. The maximum absolute atomic E-state index is 10.0. The van der Waals surface area contributed by atoms with Gasteiger partial charge in [-0.05, 0) is 20.8 Å². The number of aryl methyl sites for hydroxylation is 1. The van der Waals surface area contributed by atoms with Crippen molar-refractivity contribution in [1.29, 1.82) is 0 Å². The van der Waals surface area contributed by atoms with Gasteiger partial charge in [-0.15, -0.1) is 0 Å². The van der Waals surface area contributed by atoms with Crippen molar-refractivity contribution in [3.05, 3.63) is 47.7 Å². The average molecular weight is 244 g/mol. The van der Waals surface area contributed by atoms with Gasteiger partial charge in [0.1, 0.15) is 0 Å². The van der Waals surface area contributed by atoms with Gasteiger partial charge in [0, 0.05) is 23.4 Å². The number of hydrogen-bond donors (Lipinski definition) is 1. The number of carbonyl (C=O) groups is 1. The van der Waals surface area contributed by atoms with E-state index in [1.54, 1.807) is 0 Å². The SMILES string of the molecule is CC(=O)/C=C(/C)O.Cc1ccccc1.[Cr]. The van der Waals surface area contributed by atoms with Crippen molar-refractivity contribution in [2.24, 2.45) is 0 Å². The van der Waals surface area contributed by atoms with Gasteiger partial charge in [0.05, 0.1) is 5.76 Å². The predicted octanol–water partition coefficient (Wildman–Crippen LogP) is 3.03. The summed E-state index contributed by atoms with van der Waals surface area (Å²) in [6.07, 6.45) is 1.17. The second-order valence-electron chi connectivity index (χ2n) is 3.05. The van der Waals surface area contributed by atoms with Crippen LogP contribution in [0.4, 0.5) is 0 Å². The Hall–Kier alpha value is -1.04. The van der Waals surface area contributed by atoms with Crippen LogP contribution in [0, 0.1) is 6.92 Å². The standard InChI is InChI=1S/C7H8.C5H8O2.Cr/c1-7-5-3-2-4-6-7;1-4(6)3-5(2)7;/h2-6H,1H3;3,6H,1-2H3;/b;4-3-;. The molecule has 0 aliphatic carbocycles. The van der Waals surface area contributed by atoms with E-state index in [-0.39, 0.29) is 28.9 Å². The average Bonchev–Trinajstić information content (AvgIpc) is 2.03. The molecule has 2 nitrogen and oxygen atoms in total. The minimum atomic E-state index is -0.125. The van der Waals surface area contributed by atoms with Crippen LogP contribution in [0.15, 0.2) is 42.2 Å². The van der Waals surface area contributed by atoms with Crippen molar-refractivity contribution in [1.82, 2.24) is 0 Å². The van der Waals surface area contributed by atoms with Crippen LogP contribution >= 0.6 is 0 Å². The summed E-state index contributed by atoms with van der Waals surface area (Å²) in [6.45, 7) is 4.93. The third kappa shape index (κ3) is 13.0. The number of hydrogen-bond acceptors (Lipinski definition) is 2. The molecule has 0 bridgehead atoms. The zero-order valence-corrected chi connectivity index (χ0v) is 10.5. The Morgan fingerprint density at radius 2 is 1.67 bits per heavy atom. The van der Waals surface area contributed by atoms with Gasteiger partial charge in [-0.3, -0.25) is 4.79 Å². The number of aliphatic hydroxyl groups excluding tert-OH is 1. The molecular weight excluding hydrogens is 228 g/mol. The van der Waals surface area contributed by atoms with Crippen molar-refractivity contribution in [3.63, 3.8) is 0 Å². The fourth-order valence-electron chi connectivity index (χ4n) is 0.829. The topological polar surface area (TPSA) is 37.3 Å². The van der Waals surface area contributed by atoms with E-state index in [4.69, 9.17) is 5.11 Å². The Balaban J connectivity index is 0. The predicted molar refractivity (Wildman–Crippen MR) is 58.2 cm³/mol. The molecule has 3 heteroatoms. The van der Waals surface area contributed by atoms with Gasteiger partial charge in [-0.1, -0.05) is 35.9 Å². The van der Waals surface area contributed by atoms with E-state index in [1.807, 2.05) is 18.2 Å². The molecule has 1 aromatic rings. The van der Waals surface area contributed by atoms with E-state index in [9.17, 15) is 4.79 Å². The first-order valence-corrected chi connectivity index (χ1v) is 4.42. The Morgan fingerprint density at radius 1 is 1.20 bits per heavy atom. The van der Waals surface area contributed by atoms with E-state index in [0.717, 1.165) is 0 Å². The van der Waals surface area contributed by atoms with Gasteiger partial charge >= 0.3 is 0 Å². The van der Waals surface area contributed by atoms with Crippen LogP contribution in [-0.2, 0) is 22.2 Å². The molecule has 0 aromatic heterocycles. The Labute approximate surface area is 102 Å². The van der Waals surface area contributed by atoms with Gasteiger partial charge in [0.15, 0.2) is 5.78 Å². The number of aliphatic hydroxyl groups is 1. The van der Waals surface area contributed by atoms with E-state index in [1.165, 1.54) is 25.5 Å². The van der Waals surface area contributed by atoms with Crippen molar-refractivity contribution in [2.45, 2.75) is 20.8 Å². The molecule has 0 heterocycles. The third-order valence-corrected chi connectivity index (χ3v) is 1.35. The van der Waals surface area contributed by atoms with Gasteiger partial charge in [-0.2, -0.15) is 0 Å². The van der Waals surface area contributed by atoms with Crippen molar-refractivity contribution >= 4 is 5.78 Å². The van der Waals surface area contributed by atoms with Crippen molar-refractivity contribution in [3.8, 4) is 0 Å². The first kappa shape index (κ1) is 16.4. The number of rotatable bonds is 1. The molecule has 0 atom stereocenters. The Morgan fingerprint density at radius 3 is 1.80 bits per heavy atom. The van der Waals surface area contributed by atoms with Gasteiger partial charge in [0.2, 0.25) is 0 Å². The summed E-state index contributed by atoms with van der Waals surface area (Å²) < 4.78 is 0. The number of carbonyl (C=O) groups excluding carboxylic acids is 1. The summed E-state index contributed by atoms with van der Waals surface area (Å²) in [7, 11) is 0. The molecule has 0 unspecified atom stereocenters. The third-order valence-electron chi connectivity index (χ3n) is 1.35. The molecule has 0 fully saturated rings. The molecule has 1 aromatic carbocycles. The fraction of sp³-hybridized carbons (Fsp3) is 0.250. The normalized spacial score (nSPS) is 9.40. The molecule has 82 valence electrons. The summed E-state index contributed by atoms with van der Waals surface area (Å²) in [5.74, 6) is -0.0625. The van der Waals surface area contributed by atoms with E-state index < -0.39 is 0 Å².